The summed E-state index contributed by atoms with van der Waals surface area (Å²) in [7, 11) is -3.80. The van der Waals surface area contributed by atoms with Crippen LogP contribution >= 0.6 is 46.1 Å². The molecule has 4 aromatic rings. The first kappa shape index (κ1) is 23.2. The van der Waals surface area contributed by atoms with Crippen molar-refractivity contribution in [2.24, 2.45) is 0 Å². The lowest BCUT2D eigenvalue weighted by Crippen LogP contribution is -2.22. The van der Waals surface area contributed by atoms with Crippen LogP contribution in [0, 0.1) is 5.82 Å². The van der Waals surface area contributed by atoms with E-state index in [-0.39, 0.29) is 11.4 Å². The first-order valence-corrected chi connectivity index (χ1v) is 12.8. The van der Waals surface area contributed by atoms with Crippen LogP contribution in [0.4, 0.5) is 4.39 Å². The number of hydrogen-bond donors (Lipinski definition) is 1. The van der Waals surface area contributed by atoms with E-state index in [1.165, 1.54) is 23.5 Å². The van der Waals surface area contributed by atoms with Gasteiger partial charge in [-0.15, -0.1) is 11.3 Å². The van der Waals surface area contributed by atoms with Crippen LogP contribution in [-0.2, 0) is 16.6 Å². The number of nitrogens with one attached hydrogen (secondary N) is 1. The van der Waals surface area contributed by atoms with Crippen molar-refractivity contribution in [3.8, 4) is 21.6 Å². The Morgan fingerprint density at radius 1 is 0.812 bits per heavy atom. The zero-order chi connectivity index (χ0) is 22.9. The third-order valence-corrected chi connectivity index (χ3v) is 8.06. The van der Waals surface area contributed by atoms with Crippen LogP contribution in [0.15, 0.2) is 77.7 Å². The minimum atomic E-state index is -3.80. The lowest BCUT2D eigenvalue weighted by Gasteiger charge is -2.07. The summed E-state index contributed by atoms with van der Waals surface area (Å²) in [4.78, 5) is 1.65. The van der Waals surface area contributed by atoms with E-state index >= 15 is 0 Å². The highest BCUT2D eigenvalue weighted by Crippen LogP contribution is 2.43. The second-order valence-corrected chi connectivity index (χ2v) is 11.0. The molecule has 0 spiro atoms. The molecule has 3 aromatic carbocycles. The Hall–Kier alpha value is -1.93. The van der Waals surface area contributed by atoms with Crippen molar-refractivity contribution < 1.29 is 12.8 Å². The molecular weight excluding hydrogens is 512 g/mol. The lowest BCUT2D eigenvalue weighted by molar-refractivity contribution is 0.581. The second kappa shape index (κ2) is 9.51. The molecule has 0 saturated carbocycles. The van der Waals surface area contributed by atoms with Gasteiger partial charge in [-0.05, 0) is 60.2 Å². The Kier molecular flexibility index (Phi) is 6.91. The average molecular weight is 527 g/mol. The van der Waals surface area contributed by atoms with Gasteiger partial charge in [0.25, 0.3) is 0 Å². The van der Waals surface area contributed by atoms with Gasteiger partial charge in [0.2, 0.25) is 10.0 Å². The standard InChI is InChI=1S/C23H15Cl3FNO2S2/c24-15-3-1-14(2-4-15)21-12-18(31-23(21)20-10-5-16(25)11-22(20)26)13-28-32(29,30)19-8-6-17(27)7-9-19/h1-12,28H,13H2. The SMILES string of the molecule is O=S(=O)(NCc1cc(-c2ccc(Cl)cc2)c(-c2ccc(Cl)cc2Cl)s1)c1ccc(F)cc1. The summed E-state index contributed by atoms with van der Waals surface area (Å²) >= 11 is 20.0. The van der Waals surface area contributed by atoms with E-state index in [0.29, 0.717) is 15.1 Å². The lowest BCUT2D eigenvalue weighted by atomic mass is 10.0. The fraction of sp³-hybridized carbons (Fsp3) is 0.0435. The largest absolute Gasteiger partial charge is 0.240 e. The van der Waals surface area contributed by atoms with Gasteiger partial charge in [0.1, 0.15) is 5.82 Å². The van der Waals surface area contributed by atoms with Crippen LogP contribution in [0.5, 0.6) is 0 Å². The zero-order valence-corrected chi connectivity index (χ0v) is 20.2. The van der Waals surface area contributed by atoms with Gasteiger partial charge in [0, 0.05) is 37.5 Å². The molecule has 0 bridgehead atoms. The van der Waals surface area contributed by atoms with Gasteiger partial charge in [-0.25, -0.2) is 17.5 Å². The van der Waals surface area contributed by atoms with Gasteiger partial charge < -0.3 is 0 Å². The number of benzene rings is 3. The van der Waals surface area contributed by atoms with Crippen LogP contribution in [0.2, 0.25) is 15.1 Å². The molecule has 0 radical (unpaired) electrons. The predicted molar refractivity (Wildman–Crippen MR) is 131 cm³/mol. The predicted octanol–water partition coefficient (Wildman–Crippen LogP) is 7.66. The van der Waals surface area contributed by atoms with Crippen LogP contribution in [0.3, 0.4) is 0 Å². The van der Waals surface area contributed by atoms with E-state index < -0.39 is 15.8 Å². The Bertz CT molecular complexity index is 1370. The Balaban J connectivity index is 1.70. The van der Waals surface area contributed by atoms with Gasteiger partial charge >= 0.3 is 0 Å². The molecular formula is C23H15Cl3FNO2S2. The monoisotopic (exact) mass is 525 g/mol. The highest BCUT2D eigenvalue weighted by atomic mass is 35.5. The van der Waals surface area contributed by atoms with Crippen molar-refractivity contribution in [2.45, 2.75) is 11.4 Å². The topological polar surface area (TPSA) is 46.2 Å². The van der Waals surface area contributed by atoms with Gasteiger partial charge in [-0.3, -0.25) is 0 Å². The minimum Gasteiger partial charge on any atom is -0.207 e. The fourth-order valence-corrected chi connectivity index (χ4v) is 6.05. The molecule has 0 aliphatic carbocycles. The average Bonchev–Trinajstić information content (AvgIpc) is 3.17. The molecule has 1 aromatic heterocycles. The fourth-order valence-electron chi connectivity index (χ4n) is 3.11. The number of thiophene rings is 1. The van der Waals surface area contributed by atoms with Crippen molar-refractivity contribution in [3.63, 3.8) is 0 Å². The minimum absolute atomic E-state index is 0.00523. The van der Waals surface area contributed by atoms with Crippen molar-refractivity contribution >= 4 is 56.2 Å². The molecule has 0 fully saturated rings. The highest BCUT2D eigenvalue weighted by Gasteiger charge is 2.18. The zero-order valence-electron chi connectivity index (χ0n) is 16.3. The van der Waals surface area contributed by atoms with Crippen LogP contribution < -0.4 is 4.72 Å². The molecule has 0 unspecified atom stereocenters. The van der Waals surface area contributed by atoms with E-state index in [1.54, 1.807) is 24.3 Å². The highest BCUT2D eigenvalue weighted by molar-refractivity contribution is 7.89. The Labute approximate surface area is 204 Å². The summed E-state index contributed by atoms with van der Waals surface area (Å²) in [6, 6.07) is 19.2. The van der Waals surface area contributed by atoms with Gasteiger partial charge in [-0.2, -0.15) is 0 Å². The molecule has 0 aliphatic rings. The van der Waals surface area contributed by atoms with E-state index in [4.69, 9.17) is 34.8 Å². The molecule has 32 heavy (non-hydrogen) atoms. The maximum Gasteiger partial charge on any atom is 0.240 e. The van der Waals surface area contributed by atoms with Crippen LogP contribution in [0.1, 0.15) is 4.88 Å². The molecule has 0 saturated heterocycles. The van der Waals surface area contributed by atoms with Crippen LogP contribution in [0.25, 0.3) is 21.6 Å². The molecule has 9 heteroatoms. The van der Waals surface area contributed by atoms with E-state index in [0.717, 1.165) is 38.6 Å². The molecule has 4 rings (SSSR count). The first-order chi connectivity index (χ1) is 15.2. The summed E-state index contributed by atoms with van der Waals surface area (Å²) in [5.74, 6) is -0.501. The molecule has 0 amide bonds. The normalized spacial score (nSPS) is 11.6. The van der Waals surface area contributed by atoms with Crippen molar-refractivity contribution in [1.29, 1.82) is 0 Å². The van der Waals surface area contributed by atoms with Crippen molar-refractivity contribution in [1.82, 2.24) is 4.72 Å². The maximum absolute atomic E-state index is 13.1. The summed E-state index contributed by atoms with van der Waals surface area (Å²) in [5.41, 5.74) is 2.60. The number of hydrogen-bond acceptors (Lipinski definition) is 3. The number of sulfonamides is 1. The van der Waals surface area contributed by atoms with E-state index in [9.17, 15) is 12.8 Å². The van der Waals surface area contributed by atoms with E-state index in [1.807, 2.05) is 24.3 Å². The Morgan fingerprint density at radius 2 is 1.47 bits per heavy atom. The number of rotatable bonds is 6. The van der Waals surface area contributed by atoms with Crippen molar-refractivity contribution in [3.05, 3.63) is 98.6 Å². The summed E-state index contributed by atoms with van der Waals surface area (Å²) in [5, 5.41) is 1.63. The molecule has 1 N–H and O–H groups in total. The summed E-state index contributed by atoms with van der Waals surface area (Å²) < 4.78 is 40.9. The molecule has 3 nitrogen and oxygen atoms in total. The summed E-state index contributed by atoms with van der Waals surface area (Å²) in [6.07, 6.45) is 0. The Morgan fingerprint density at radius 3 is 2.12 bits per heavy atom. The second-order valence-electron chi connectivity index (χ2n) is 6.87. The van der Waals surface area contributed by atoms with Gasteiger partial charge in [-0.1, -0.05) is 53.0 Å². The molecule has 1 heterocycles. The quantitative estimate of drug-likeness (QED) is 0.280. The van der Waals surface area contributed by atoms with Gasteiger partial charge in [0.15, 0.2) is 0 Å². The molecule has 164 valence electrons. The third kappa shape index (κ3) is 5.17. The third-order valence-electron chi connectivity index (χ3n) is 4.67. The number of halogens is 4. The van der Waals surface area contributed by atoms with Crippen LogP contribution in [-0.4, -0.2) is 8.42 Å². The summed E-state index contributed by atoms with van der Waals surface area (Å²) in [6.45, 7) is 0.0656. The molecule has 0 aliphatic heterocycles. The van der Waals surface area contributed by atoms with E-state index in [2.05, 4.69) is 4.72 Å². The van der Waals surface area contributed by atoms with Gasteiger partial charge in [0.05, 0.1) is 9.92 Å². The van der Waals surface area contributed by atoms with Crippen molar-refractivity contribution in [2.75, 3.05) is 0 Å². The molecule has 0 atom stereocenters. The first-order valence-electron chi connectivity index (χ1n) is 9.32. The maximum atomic E-state index is 13.1. The smallest absolute Gasteiger partial charge is 0.207 e.